The van der Waals surface area contributed by atoms with E-state index in [-0.39, 0.29) is 15.2 Å². The van der Waals surface area contributed by atoms with Crippen molar-refractivity contribution < 1.29 is 31.3 Å². The number of fused-ring (bicyclic) bond motifs is 1. The van der Waals surface area contributed by atoms with Gasteiger partial charge in [0, 0.05) is 25.7 Å². The Morgan fingerprint density at radius 1 is 0.925 bits per heavy atom. The highest BCUT2D eigenvalue weighted by Crippen LogP contribution is 2.44. The molecule has 0 aliphatic carbocycles. The fourth-order valence-corrected chi connectivity index (χ4v) is 6.65. The molecule has 7 nitrogen and oxygen atoms in total. The number of alkyl halides is 6. The number of rotatable bonds is 4. The molecule has 0 atom stereocenters. The molecular formula is C26H24F6N4O3S. The molecule has 0 unspecified atom stereocenters. The van der Waals surface area contributed by atoms with Gasteiger partial charge in [0.25, 0.3) is 11.2 Å². The van der Waals surface area contributed by atoms with Gasteiger partial charge >= 0.3 is 12.4 Å². The summed E-state index contributed by atoms with van der Waals surface area (Å²) >= 11 is 0.839. The summed E-state index contributed by atoms with van der Waals surface area (Å²) in [5.41, 5.74) is -3.03. The van der Waals surface area contributed by atoms with Crippen molar-refractivity contribution >= 4 is 32.2 Å². The zero-order chi connectivity index (χ0) is 28.9. The summed E-state index contributed by atoms with van der Waals surface area (Å²) in [5, 5.41) is 11.4. The molecule has 5 rings (SSSR count). The lowest BCUT2D eigenvalue weighted by Gasteiger charge is -2.47. The summed E-state index contributed by atoms with van der Waals surface area (Å²) in [7, 11) is 0. The van der Waals surface area contributed by atoms with Crippen molar-refractivity contribution in [3.8, 4) is 0 Å². The Morgan fingerprint density at radius 2 is 1.55 bits per heavy atom. The Balaban J connectivity index is 1.27. The number of nitrogens with zero attached hydrogens (tertiary/aromatic N) is 4. The summed E-state index contributed by atoms with van der Waals surface area (Å²) in [6, 6.07) is 6.39. The van der Waals surface area contributed by atoms with E-state index in [1.807, 2.05) is 4.90 Å². The van der Waals surface area contributed by atoms with E-state index in [4.69, 9.17) is 0 Å². The maximum atomic E-state index is 13.2. The zero-order valence-electron chi connectivity index (χ0n) is 21.0. The molecule has 2 aromatic carbocycles. The number of likely N-dealkylation sites (tertiary alicyclic amines) is 1. The van der Waals surface area contributed by atoms with Crippen molar-refractivity contribution in [1.29, 1.82) is 0 Å². The molecule has 1 aromatic heterocycles. The zero-order valence-corrected chi connectivity index (χ0v) is 21.8. The number of nitro benzene ring substituents is 1. The molecule has 0 bridgehead atoms. The number of non-ortho nitro benzene ring substituents is 1. The SMILES string of the molecule is O=c1nc(N2CCC3(CCN(Cc4cccc(C(F)(F)F)c4)CC3)CC2)sc2c([N+](=O)[O-])cc(C(F)(F)F)cc12. The van der Waals surface area contributed by atoms with Crippen LogP contribution in [0.2, 0.25) is 0 Å². The molecule has 0 saturated carbocycles. The Morgan fingerprint density at radius 3 is 2.15 bits per heavy atom. The van der Waals surface area contributed by atoms with Gasteiger partial charge in [-0.2, -0.15) is 31.3 Å². The van der Waals surface area contributed by atoms with Crippen LogP contribution in [0.1, 0.15) is 42.4 Å². The maximum absolute atomic E-state index is 13.2. The minimum atomic E-state index is -4.85. The van der Waals surface area contributed by atoms with Crippen molar-refractivity contribution in [2.75, 3.05) is 31.1 Å². The highest BCUT2D eigenvalue weighted by molar-refractivity contribution is 7.22. The topological polar surface area (TPSA) is 79.6 Å². The molecule has 3 heterocycles. The molecule has 0 amide bonds. The minimum Gasteiger partial charge on any atom is -0.348 e. The van der Waals surface area contributed by atoms with Gasteiger partial charge in [-0.3, -0.25) is 19.8 Å². The van der Waals surface area contributed by atoms with Crippen LogP contribution >= 0.6 is 11.3 Å². The fraction of sp³-hybridized carbons (Fsp3) is 0.462. The van der Waals surface area contributed by atoms with Crippen LogP contribution in [0, 0.1) is 15.5 Å². The second-order valence-corrected chi connectivity index (χ2v) is 11.4. The van der Waals surface area contributed by atoms with Crippen molar-refractivity contribution in [1.82, 2.24) is 9.88 Å². The minimum absolute atomic E-state index is 0.0240. The van der Waals surface area contributed by atoms with E-state index in [2.05, 4.69) is 9.88 Å². The van der Waals surface area contributed by atoms with Gasteiger partial charge < -0.3 is 4.90 Å². The molecule has 0 N–H and O–H groups in total. The summed E-state index contributed by atoms with van der Waals surface area (Å²) in [6.07, 6.45) is -6.00. The molecule has 0 radical (unpaired) electrons. The third kappa shape index (κ3) is 5.78. The van der Waals surface area contributed by atoms with Crippen LogP contribution in [0.5, 0.6) is 0 Å². The molecule has 214 valence electrons. The van der Waals surface area contributed by atoms with E-state index in [1.54, 1.807) is 6.07 Å². The van der Waals surface area contributed by atoms with Gasteiger partial charge in [0.2, 0.25) is 0 Å². The first-order chi connectivity index (χ1) is 18.7. The second-order valence-electron chi connectivity index (χ2n) is 10.4. The highest BCUT2D eigenvalue weighted by Gasteiger charge is 2.39. The van der Waals surface area contributed by atoms with Crippen LogP contribution in [0.25, 0.3) is 10.1 Å². The average molecular weight is 587 g/mol. The van der Waals surface area contributed by atoms with E-state index < -0.39 is 45.0 Å². The number of halogens is 6. The molecule has 2 aliphatic rings. The monoisotopic (exact) mass is 586 g/mol. The summed E-state index contributed by atoms with van der Waals surface area (Å²) in [6.45, 7) is 2.93. The van der Waals surface area contributed by atoms with Crippen LogP contribution in [0.4, 0.5) is 37.2 Å². The fourth-order valence-electron chi connectivity index (χ4n) is 5.54. The lowest BCUT2D eigenvalue weighted by Crippen LogP contribution is -2.46. The van der Waals surface area contributed by atoms with E-state index in [0.29, 0.717) is 37.3 Å². The van der Waals surface area contributed by atoms with Gasteiger partial charge in [0.15, 0.2) is 5.13 Å². The maximum Gasteiger partial charge on any atom is 0.416 e. The first-order valence-corrected chi connectivity index (χ1v) is 13.4. The van der Waals surface area contributed by atoms with Crippen molar-refractivity contribution in [2.45, 2.75) is 44.6 Å². The van der Waals surface area contributed by atoms with E-state index in [0.717, 1.165) is 56.2 Å². The van der Waals surface area contributed by atoms with Crippen LogP contribution in [-0.2, 0) is 18.9 Å². The summed E-state index contributed by atoms with van der Waals surface area (Å²) in [4.78, 5) is 31.2. The smallest absolute Gasteiger partial charge is 0.348 e. The Bertz CT molecular complexity index is 1490. The lowest BCUT2D eigenvalue weighted by atomic mass is 9.71. The number of piperidine rings is 2. The van der Waals surface area contributed by atoms with Crippen LogP contribution in [0.3, 0.4) is 0 Å². The van der Waals surface area contributed by atoms with E-state index in [9.17, 15) is 41.3 Å². The van der Waals surface area contributed by atoms with Crippen molar-refractivity contribution in [2.24, 2.45) is 5.41 Å². The first kappa shape index (κ1) is 28.3. The molecule has 2 fully saturated rings. The molecule has 1 spiro atoms. The van der Waals surface area contributed by atoms with Gasteiger partial charge in [0.05, 0.1) is 21.4 Å². The molecule has 14 heteroatoms. The van der Waals surface area contributed by atoms with Gasteiger partial charge in [-0.1, -0.05) is 29.5 Å². The Kier molecular flexibility index (Phi) is 7.27. The van der Waals surface area contributed by atoms with E-state index >= 15 is 0 Å². The number of anilines is 1. The van der Waals surface area contributed by atoms with Crippen LogP contribution in [-0.4, -0.2) is 41.0 Å². The number of hydrogen-bond donors (Lipinski definition) is 0. The first-order valence-electron chi connectivity index (χ1n) is 12.6. The standard InChI is InChI=1S/C26H24F6N4O3S/c27-25(28,29)17-3-1-2-16(12-17)15-34-8-4-24(5-9-34)6-10-35(11-7-24)23-33-22(37)19-13-18(26(30,31)32)14-20(36(38)39)21(19)40-23/h1-3,12-14H,4-11,15H2. The second kappa shape index (κ2) is 10.3. The lowest BCUT2D eigenvalue weighted by molar-refractivity contribution is -0.383. The van der Waals surface area contributed by atoms with Gasteiger partial charge in [-0.05, 0) is 61.9 Å². The van der Waals surface area contributed by atoms with Crippen LogP contribution in [0.15, 0.2) is 41.2 Å². The summed E-state index contributed by atoms with van der Waals surface area (Å²) in [5.74, 6) is 0. The average Bonchev–Trinajstić information content (AvgIpc) is 2.89. The molecule has 40 heavy (non-hydrogen) atoms. The Labute approximate surface area is 228 Å². The quantitative estimate of drug-likeness (QED) is 0.198. The number of aromatic nitrogens is 1. The number of nitro groups is 1. The Hall–Kier alpha value is -3.26. The molecule has 2 saturated heterocycles. The molecule has 3 aromatic rings. The summed E-state index contributed by atoms with van der Waals surface area (Å²) < 4.78 is 78.7. The number of hydrogen-bond acceptors (Lipinski definition) is 7. The van der Waals surface area contributed by atoms with Crippen molar-refractivity contribution in [3.05, 3.63) is 73.6 Å². The third-order valence-electron chi connectivity index (χ3n) is 7.89. The normalized spacial score (nSPS) is 18.4. The van der Waals surface area contributed by atoms with Crippen molar-refractivity contribution in [3.63, 3.8) is 0 Å². The molecular weight excluding hydrogens is 562 g/mol. The van der Waals surface area contributed by atoms with Gasteiger partial charge in [-0.25, -0.2) is 0 Å². The van der Waals surface area contributed by atoms with Crippen LogP contribution < -0.4 is 10.5 Å². The van der Waals surface area contributed by atoms with Gasteiger partial charge in [0.1, 0.15) is 4.70 Å². The van der Waals surface area contributed by atoms with Gasteiger partial charge in [-0.15, -0.1) is 0 Å². The number of benzene rings is 2. The predicted octanol–water partition coefficient (Wildman–Crippen LogP) is 6.48. The third-order valence-corrected chi connectivity index (χ3v) is 9.05. The molecule has 2 aliphatic heterocycles. The largest absolute Gasteiger partial charge is 0.416 e. The highest BCUT2D eigenvalue weighted by atomic mass is 32.1. The predicted molar refractivity (Wildman–Crippen MR) is 137 cm³/mol. The van der Waals surface area contributed by atoms with E-state index in [1.165, 1.54) is 12.1 Å².